The predicted octanol–water partition coefficient (Wildman–Crippen LogP) is 5.59. The number of ether oxygens (including phenoxy) is 2. The van der Waals surface area contributed by atoms with Gasteiger partial charge in [-0.1, -0.05) is 23.7 Å². The van der Waals surface area contributed by atoms with Crippen molar-refractivity contribution in [3.05, 3.63) is 59.2 Å². The van der Waals surface area contributed by atoms with E-state index in [0.717, 1.165) is 6.07 Å². The number of fused-ring (bicyclic) bond motifs is 2. The number of carbonyl (C=O) groups excluding carboxylic acids is 1. The molecule has 2 aromatic carbocycles. The minimum absolute atomic E-state index is 0.0457. The fraction of sp³-hybridized carbons (Fsp3) is 0.360. The van der Waals surface area contributed by atoms with Crippen LogP contribution in [0.25, 0.3) is 10.9 Å². The van der Waals surface area contributed by atoms with Gasteiger partial charge in [0.05, 0.1) is 5.52 Å². The van der Waals surface area contributed by atoms with Crippen LogP contribution in [0.4, 0.5) is 18.9 Å². The minimum atomic E-state index is -4.56. The Labute approximate surface area is 204 Å². The van der Waals surface area contributed by atoms with Gasteiger partial charge in [0, 0.05) is 28.2 Å². The monoisotopic (exact) mass is 505 g/mol. The number of halogens is 4. The maximum absolute atomic E-state index is 13.4. The van der Waals surface area contributed by atoms with E-state index in [1.54, 1.807) is 18.2 Å². The molecular weight excluding hydrogens is 483 g/mol. The number of hydrogen-bond acceptors (Lipinski definition) is 5. The van der Waals surface area contributed by atoms with Crippen LogP contribution in [-0.4, -0.2) is 35.7 Å². The topological polar surface area (TPSA) is 72.5 Å². The lowest BCUT2D eigenvalue weighted by Gasteiger charge is -2.32. The van der Waals surface area contributed by atoms with Crippen LogP contribution in [0.15, 0.2) is 48.5 Å². The van der Waals surface area contributed by atoms with Crippen LogP contribution in [-0.2, 0) is 11.0 Å². The molecular formula is C25H23ClF3N3O3. The summed E-state index contributed by atoms with van der Waals surface area (Å²) in [7, 11) is 0. The van der Waals surface area contributed by atoms with E-state index >= 15 is 0 Å². The predicted molar refractivity (Wildman–Crippen MR) is 126 cm³/mol. The molecule has 0 radical (unpaired) electrons. The summed E-state index contributed by atoms with van der Waals surface area (Å²) < 4.78 is 51.5. The smallest absolute Gasteiger partial charge is 0.433 e. The third-order valence-corrected chi connectivity index (χ3v) is 6.53. The van der Waals surface area contributed by atoms with Crippen molar-refractivity contribution in [1.82, 2.24) is 10.3 Å². The van der Waals surface area contributed by atoms with Crippen molar-refractivity contribution in [3.8, 4) is 11.5 Å². The van der Waals surface area contributed by atoms with Gasteiger partial charge in [0.2, 0.25) is 6.10 Å². The van der Waals surface area contributed by atoms with Crippen molar-refractivity contribution < 1.29 is 27.4 Å². The standard InChI is InChI=1S/C25H23ClF3N3O3/c26-14-5-10-18-17(11-14)19(12-23(32-18)25(27,28)29)30-15-6-8-16(9-7-15)31-24(33)22-13-34-20-3-1-2-4-21(20)35-22/h1-5,10-12,15-16,22H,6-9,13H2,(H,30,32)(H,31,33)/t15-,16+,22?. The molecule has 35 heavy (non-hydrogen) atoms. The van der Waals surface area contributed by atoms with Crippen LogP contribution in [0.5, 0.6) is 11.5 Å². The number of nitrogens with zero attached hydrogens (tertiary/aromatic N) is 1. The second-order valence-corrected chi connectivity index (χ2v) is 9.22. The number of rotatable bonds is 4. The molecule has 184 valence electrons. The maximum atomic E-state index is 13.4. The molecule has 0 bridgehead atoms. The SMILES string of the molecule is O=C(N[C@H]1CC[C@@H](Nc2cc(C(F)(F)F)nc3ccc(Cl)cc23)CC1)C1COc2ccccc2O1. The minimum Gasteiger partial charge on any atom is -0.485 e. The normalized spacial score (nSPS) is 22.0. The number of hydrogen-bond donors (Lipinski definition) is 2. The second-order valence-electron chi connectivity index (χ2n) is 8.78. The van der Waals surface area contributed by atoms with E-state index in [1.807, 2.05) is 12.1 Å². The van der Waals surface area contributed by atoms with Crippen molar-refractivity contribution in [1.29, 1.82) is 0 Å². The molecule has 1 aromatic heterocycles. The molecule has 1 atom stereocenters. The Kier molecular flexibility index (Phi) is 6.35. The molecule has 6 nitrogen and oxygen atoms in total. The Bertz CT molecular complexity index is 1250. The lowest BCUT2D eigenvalue weighted by Crippen LogP contribution is -2.49. The summed E-state index contributed by atoms with van der Waals surface area (Å²) in [5.74, 6) is 0.914. The van der Waals surface area contributed by atoms with E-state index in [4.69, 9.17) is 21.1 Å². The Hall–Kier alpha value is -3.20. The molecule has 1 amide bonds. The first-order valence-corrected chi connectivity index (χ1v) is 11.8. The van der Waals surface area contributed by atoms with E-state index in [9.17, 15) is 18.0 Å². The molecule has 0 spiro atoms. The quantitative estimate of drug-likeness (QED) is 0.484. The first kappa shape index (κ1) is 23.5. The Morgan fingerprint density at radius 2 is 1.71 bits per heavy atom. The highest BCUT2D eigenvalue weighted by Crippen LogP contribution is 2.35. The number of para-hydroxylation sites is 2. The number of alkyl halides is 3. The lowest BCUT2D eigenvalue weighted by molar-refractivity contribution is -0.141. The fourth-order valence-electron chi connectivity index (χ4n) is 4.51. The van der Waals surface area contributed by atoms with Gasteiger partial charge in [-0.25, -0.2) is 4.98 Å². The molecule has 1 aliphatic carbocycles. The highest BCUT2D eigenvalue weighted by atomic mass is 35.5. The number of amides is 1. The molecule has 0 saturated heterocycles. The highest BCUT2D eigenvalue weighted by molar-refractivity contribution is 6.31. The van der Waals surface area contributed by atoms with Gasteiger partial charge in [0.1, 0.15) is 12.3 Å². The number of anilines is 1. The second kappa shape index (κ2) is 9.45. The Balaban J connectivity index is 1.21. The van der Waals surface area contributed by atoms with Crippen LogP contribution in [0.3, 0.4) is 0 Å². The van der Waals surface area contributed by atoms with E-state index in [0.29, 0.717) is 53.3 Å². The molecule has 10 heteroatoms. The maximum Gasteiger partial charge on any atom is 0.433 e. The van der Waals surface area contributed by atoms with Crippen LogP contribution in [0.1, 0.15) is 31.4 Å². The summed E-state index contributed by atoms with van der Waals surface area (Å²) in [6.07, 6.45) is -2.55. The van der Waals surface area contributed by atoms with Gasteiger partial charge >= 0.3 is 6.18 Å². The van der Waals surface area contributed by atoms with Gasteiger partial charge < -0.3 is 20.1 Å². The van der Waals surface area contributed by atoms with Crippen molar-refractivity contribution in [2.24, 2.45) is 0 Å². The summed E-state index contributed by atoms with van der Waals surface area (Å²) in [4.78, 5) is 16.5. The zero-order chi connectivity index (χ0) is 24.6. The molecule has 1 fully saturated rings. The average molecular weight is 506 g/mol. The third-order valence-electron chi connectivity index (χ3n) is 6.30. The van der Waals surface area contributed by atoms with E-state index < -0.39 is 18.0 Å². The number of benzene rings is 2. The zero-order valence-corrected chi connectivity index (χ0v) is 19.3. The van der Waals surface area contributed by atoms with Crippen LogP contribution in [0, 0.1) is 0 Å². The summed E-state index contributed by atoms with van der Waals surface area (Å²) in [5, 5.41) is 7.24. The van der Waals surface area contributed by atoms with Crippen LogP contribution in [0.2, 0.25) is 5.02 Å². The molecule has 1 aliphatic heterocycles. The van der Waals surface area contributed by atoms with E-state index in [2.05, 4.69) is 15.6 Å². The van der Waals surface area contributed by atoms with Gasteiger partial charge in [0.15, 0.2) is 11.5 Å². The molecule has 5 rings (SSSR count). The molecule has 1 saturated carbocycles. The highest BCUT2D eigenvalue weighted by Gasteiger charge is 2.34. The van der Waals surface area contributed by atoms with E-state index in [1.165, 1.54) is 12.1 Å². The third kappa shape index (κ3) is 5.24. The summed E-state index contributed by atoms with van der Waals surface area (Å²) in [5.41, 5.74) is -0.375. The first-order chi connectivity index (χ1) is 16.8. The zero-order valence-electron chi connectivity index (χ0n) is 18.6. The van der Waals surface area contributed by atoms with Crippen molar-refractivity contribution in [2.75, 3.05) is 11.9 Å². The summed E-state index contributed by atoms with van der Waals surface area (Å²) in [6, 6.07) is 12.8. The average Bonchev–Trinajstić information content (AvgIpc) is 2.84. The Morgan fingerprint density at radius 3 is 2.46 bits per heavy atom. The molecule has 3 aromatic rings. The van der Waals surface area contributed by atoms with Crippen molar-refractivity contribution in [3.63, 3.8) is 0 Å². The molecule has 1 unspecified atom stereocenters. The molecule has 2 heterocycles. The van der Waals surface area contributed by atoms with Crippen molar-refractivity contribution in [2.45, 2.75) is 50.0 Å². The number of pyridine rings is 1. The molecule has 2 aliphatic rings. The van der Waals surface area contributed by atoms with Crippen molar-refractivity contribution >= 4 is 34.1 Å². The van der Waals surface area contributed by atoms with Gasteiger partial charge in [-0.15, -0.1) is 0 Å². The van der Waals surface area contributed by atoms with Crippen LogP contribution >= 0.6 is 11.6 Å². The lowest BCUT2D eigenvalue weighted by atomic mass is 9.90. The van der Waals surface area contributed by atoms with Gasteiger partial charge in [-0.2, -0.15) is 13.2 Å². The van der Waals surface area contributed by atoms with Gasteiger partial charge in [0.25, 0.3) is 5.91 Å². The fourth-order valence-corrected chi connectivity index (χ4v) is 4.68. The first-order valence-electron chi connectivity index (χ1n) is 11.4. The summed E-state index contributed by atoms with van der Waals surface area (Å²) in [6.45, 7) is 0.138. The number of nitrogens with one attached hydrogen (secondary N) is 2. The Morgan fingerprint density at radius 1 is 1.00 bits per heavy atom. The van der Waals surface area contributed by atoms with Gasteiger partial charge in [-0.05, 0) is 62.1 Å². The number of carbonyl (C=O) groups is 1. The van der Waals surface area contributed by atoms with Crippen LogP contribution < -0.4 is 20.1 Å². The molecule has 2 N–H and O–H groups in total. The largest absolute Gasteiger partial charge is 0.485 e. The van der Waals surface area contributed by atoms with Gasteiger partial charge in [-0.3, -0.25) is 4.79 Å². The number of aromatic nitrogens is 1. The summed E-state index contributed by atoms with van der Waals surface area (Å²) >= 11 is 6.09. The van der Waals surface area contributed by atoms with E-state index in [-0.39, 0.29) is 30.1 Å².